The Hall–Kier alpha value is -2.21. The van der Waals surface area contributed by atoms with Crippen LogP contribution in [0, 0.1) is 0 Å². The minimum atomic E-state index is -0.844. The van der Waals surface area contributed by atoms with Crippen LogP contribution in [0.4, 0.5) is 0 Å². The highest BCUT2D eigenvalue weighted by molar-refractivity contribution is 5.89. The molecule has 0 saturated carbocycles. The summed E-state index contributed by atoms with van der Waals surface area (Å²) in [5.74, 6) is 0.0754. The van der Waals surface area contributed by atoms with Gasteiger partial charge in [0, 0.05) is 20.1 Å². The largest absolute Gasteiger partial charge is 0.478 e. The van der Waals surface area contributed by atoms with Crippen molar-refractivity contribution in [2.75, 3.05) is 6.54 Å². The zero-order valence-corrected chi connectivity index (χ0v) is 11.3. The van der Waals surface area contributed by atoms with Crippen molar-refractivity contribution in [1.82, 2.24) is 19.7 Å². The first-order valence-electron chi connectivity index (χ1n) is 6.54. The van der Waals surface area contributed by atoms with Crippen molar-refractivity contribution in [2.24, 2.45) is 7.05 Å². The predicted octanol–water partition coefficient (Wildman–Crippen LogP) is 1.07. The lowest BCUT2D eigenvalue weighted by Crippen LogP contribution is -2.32. The number of carboxylic acid groups (broad SMARTS) is 1. The van der Waals surface area contributed by atoms with Gasteiger partial charge in [0.25, 0.3) is 0 Å². The summed E-state index contributed by atoms with van der Waals surface area (Å²) in [4.78, 5) is 17.7. The molecule has 6 nitrogen and oxygen atoms in total. The number of nitrogens with zero attached hydrogens (tertiary/aromatic N) is 4. The molecule has 2 aromatic rings. The van der Waals surface area contributed by atoms with Crippen LogP contribution in [-0.4, -0.2) is 37.3 Å². The number of fused-ring (bicyclic) bond motifs is 1. The Labute approximate surface area is 116 Å². The van der Waals surface area contributed by atoms with Gasteiger partial charge in [-0.25, -0.2) is 9.78 Å². The summed E-state index contributed by atoms with van der Waals surface area (Å²) in [5.41, 5.74) is 2.49. The maximum atomic E-state index is 11.2. The molecule has 0 atom stereocenters. The Morgan fingerprint density at radius 3 is 3.00 bits per heavy atom. The van der Waals surface area contributed by atoms with E-state index < -0.39 is 5.97 Å². The Bertz CT molecular complexity index is 650. The fraction of sp³-hybridized carbons (Fsp3) is 0.357. The Morgan fingerprint density at radius 1 is 1.45 bits per heavy atom. The van der Waals surface area contributed by atoms with E-state index in [9.17, 15) is 9.90 Å². The van der Waals surface area contributed by atoms with E-state index in [1.165, 1.54) is 0 Å². The molecule has 3 rings (SSSR count). The molecule has 0 fully saturated rings. The number of hydrogen-bond acceptors (Lipinski definition) is 4. The van der Waals surface area contributed by atoms with Crippen LogP contribution in [0.2, 0.25) is 0 Å². The summed E-state index contributed by atoms with van der Waals surface area (Å²) in [6.07, 6.45) is 2.31. The minimum Gasteiger partial charge on any atom is -0.478 e. The zero-order chi connectivity index (χ0) is 14.1. The molecule has 20 heavy (non-hydrogen) atoms. The van der Waals surface area contributed by atoms with E-state index >= 15 is 0 Å². The second-order valence-corrected chi connectivity index (χ2v) is 5.01. The molecular weight excluding hydrogens is 256 g/mol. The summed E-state index contributed by atoms with van der Waals surface area (Å²) in [6.45, 7) is 2.32. The van der Waals surface area contributed by atoms with E-state index in [2.05, 4.69) is 15.0 Å². The van der Waals surface area contributed by atoms with Gasteiger partial charge in [0.1, 0.15) is 12.2 Å². The molecule has 1 aliphatic heterocycles. The number of aromatic carboxylic acids is 1. The molecule has 0 bridgehead atoms. The third kappa shape index (κ3) is 2.30. The Balaban J connectivity index is 1.81. The monoisotopic (exact) mass is 272 g/mol. The van der Waals surface area contributed by atoms with Gasteiger partial charge in [0.05, 0.1) is 12.1 Å². The van der Waals surface area contributed by atoms with E-state index in [0.29, 0.717) is 5.56 Å². The second-order valence-electron chi connectivity index (χ2n) is 5.01. The standard InChI is InChI=1S/C14H16N4O2/c1-17-13(15-9-16-17)8-18-6-5-11-10(7-18)3-2-4-12(11)14(19)20/h2-4,9H,5-8H2,1H3,(H,19,20). The highest BCUT2D eigenvalue weighted by Gasteiger charge is 2.21. The number of aryl methyl sites for hydroxylation is 1. The van der Waals surface area contributed by atoms with E-state index in [-0.39, 0.29) is 0 Å². The average Bonchev–Trinajstić information content (AvgIpc) is 2.83. The highest BCUT2D eigenvalue weighted by atomic mass is 16.4. The van der Waals surface area contributed by atoms with Gasteiger partial charge in [-0.05, 0) is 23.6 Å². The first-order chi connectivity index (χ1) is 9.65. The van der Waals surface area contributed by atoms with Gasteiger partial charge in [0.15, 0.2) is 0 Å². The Morgan fingerprint density at radius 2 is 2.30 bits per heavy atom. The molecule has 104 valence electrons. The quantitative estimate of drug-likeness (QED) is 0.905. The van der Waals surface area contributed by atoms with E-state index in [0.717, 1.165) is 43.0 Å². The molecule has 1 aliphatic rings. The predicted molar refractivity (Wildman–Crippen MR) is 72.2 cm³/mol. The molecule has 0 spiro atoms. The fourth-order valence-corrected chi connectivity index (χ4v) is 2.67. The SMILES string of the molecule is Cn1ncnc1CN1CCc2c(cccc2C(=O)O)C1. The minimum absolute atomic E-state index is 0.431. The maximum absolute atomic E-state index is 11.2. The van der Waals surface area contributed by atoms with Gasteiger partial charge in [-0.15, -0.1) is 0 Å². The van der Waals surface area contributed by atoms with Crippen LogP contribution >= 0.6 is 0 Å². The van der Waals surface area contributed by atoms with E-state index in [1.807, 2.05) is 19.2 Å². The van der Waals surface area contributed by atoms with Gasteiger partial charge >= 0.3 is 5.97 Å². The number of carboxylic acids is 1. The normalized spacial score (nSPS) is 15.1. The van der Waals surface area contributed by atoms with Crippen LogP contribution in [0.1, 0.15) is 27.3 Å². The van der Waals surface area contributed by atoms with Crippen LogP contribution < -0.4 is 0 Å². The van der Waals surface area contributed by atoms with Crippen molar-refractivity contribution in [3.63, 3.8) is 0 Å². The smallest absolute Gasteiger partial charge is 0.335 e. The second kappa shape index (κ2) is 5.05. The van der Waals surface area contributed by atoms with Crippen molar-refractivity contribution in [1.29, 1.82) is 0 Å². The van der Waals surface area contributed by atoms with Crippen LogP contribution in [0.3, 0.4) is 0 Å². The van der Waals surface area contributed by atoms with E-state index in [4.69, 9.17) is 0 Å². The molecule has 0 saturated heterocycles. The Kier molecular flexibility index (Phi) is 3.23. The molecular formula is C14H16N4O2. The third-order valence-electron chi connectivity index (χ3n) is 3.75. The van der Waals surface area contributed by atoms with Crippen LogP contribution in [0.25, 0.3) is 0 Å². The lowest BCUT2D eigenvalue weighted by molar-refractivity contribution is 0.0694. The van der Waals surface area contributed by atoms with E-state index in [1.54, 1.807) is 17.1 Å². The van der Waals surface area contributed by atoms with Crippen molar-refractivity contribution in [3.8, 4) is 0 Å². The number of hydrogen-bond donors (Lipinski definition) is 1. The molecule has 1 N–H and O–H groups in total. The molecule has 0 radical (unpaired) electrons. The van der Waals surface area contributed by atoms with Gasteiger partial charge in [-0.1, -0.05) is 12.1 Å². The summed E-state index contributed by atoms with van der Waals surface area (Å²) < 4.78 is 1.77. The van der Waals surface area contributed by atoms with Gasteiger partial charge in [-0.3, -0.25) is 9.58 Å². The fourth-order valence-electron chi connectivity index (χ4n) is 2.67. The lowest BCUT2D eigenvalue weighted by Gasteiger charge is -2.29. The lowest BCUT2D eigenvalue weighted by atomic mass is 9.94. The topological polar surface area (TPSA) is 71.2 Å². The highest BCUT2D eigenvalue weighted by Crippen LogP contribution is 2.23. The van der Waals surface area contributed by atoms with Gasteiger partial charge < -0.3 is 5.11 Å². The summed E-state index contributed by atoms with van der Waals surface area (Å²) in [5, 5.41) is 13.3. The molecule has 0 amide bonds. The molecule has 0 unspecified atom stereocenters. The summed E-state index contributed by atoms with van der Waals surface area (Å²) in [7, 11) is 1.88. The maximum Gasteiger partial charge on any atom is 0.335 e. The third-order valence-corrected chi connectivity index (χ3v) is 3.75. The van der Waals surface area contributed by atoms with Gasteiger partial charge in [-0.2, -0.15) is 5.10 Å². The zero-order valence-electron chi connectivity index (χ0n) is 11.3. The van der Waals surface area contributed by atoms with Crippen LogP contribution in [-0.2, 0) is 26.6 Å². The number of carbonyl (C=O) groups is 1. The summed E-state index contributed by atoms with van der Waals surface area (Å²) >= 11 is 0. The van der Waals surface area contributed by atoms with Crippen LogP contribution in [0.5, 0.6) is 0 Å². The number of aromatic nitrogens is 3. The first kappa shape index (κ1) is 12.8. The van der Waals surface area contributed by atoms with Gasteiger partial charge in [0.2, 0.25) is 0 Å². The molecule has 2 heterocycles. The summed E-state index contributed by atoms with van der Waals surface area (Å²) in [6, 6.07) is 5.50. The molecule has 6 heteroatoms. The molecule has 1 aromatic carbocycles. The van der Waals surface area contributed by atoms with Crippen molar-refractivity contribution >= 4 is 5.97 Å². The first-order valence-corrected chi connectivity index (χ1v) is 6.54. The van der Waals surface area contributed by atoms with Crippen molar-refractivity contribution < 1.29 is 9.90 Å². The van der Waals surface area contributed by atoms with Crippen molar-refractivity contribution in [3.05, 3.63) is 47.0 Å². The molecule has 1 aromatic heterocycles. The van der Waals surface area contributed by atoms with Crippen molar-refractivity contribution in [2.45, 2.75) is 19.5 Å². The number of rotatable bonds is 3. The number of benzene rings is 1. The average molecular weight is 272 g/mol. The molecule has 0 aliphatic carbocycles. The van der Waals surface area contributed by atoms with Crippen LogP contribution in [0.15, 0.2) is 24.5 Å².